The van der Waals surface area contributed by atoms with Crippen molar-refractivity contribution in [2.75, 3.05) is 19.5 Å². The van der Waals surface area contributed by atoms with Crippen molar-refractivity contribution in [2.45, 2.75) is 63.7 Å². The summed E-state index contributed by atoms with van der Waals surface area (Å²) in [4.78, 5) is 32.2. The molecule has 0 bridgehead atoms. The van der Waals surface area contributed by atoms with Crippen molar-refractivity contribution in [1.82, 2.24) is 14.9 Å². The van der Waals surface area contributed by atoms with Gasteiger partial charge in [-0.15, -0.1) is 11.3 Å². The molecule has 0 spiro atoms. The lowest BCUT2D eigenvalue weighted by atomic mass is 10.2. The highest BCUT2D eigenvalue weighted by atomic mass is 32.2. The number of nitrogens with zero attached hydrogens (tertiary/aromatic N) is 2. The van der Waals surface area contributed by atoms with Crippen LogP contribution in [0.2, 0.25) is 0 Å². The molecule has 2 aromatic rings. The third kappa shape index (κ3) is 4.38. The summed E-state index contributed by atoms with van der Waals surface area (Å²) in [5.41, 5.74) is 1.08. The van der Waals surface area contributed by atoms with Gasteiger partial charge in [0, 0.05) is 24.1 Å². The first kappa shape index (κ1) is 20.4. The SMILES string of the molecule is COCC(C)NC(=O)CSc1nc2sc(C)c(C)c2c(=O)n1C1CCCC1. The summed E-state index contributed by atoms with van der Waals surface area (Å²) in [6.45, 7) is 6.40. The Morgan fingerprint density at radius 1 is 1.41 bits per heavy atom. The van der Waals surface area contributed by atoms with Gasteiger partial charge in [0.15, 0.2) is 5.16 Å². The first-order valence-corrected chi connectivity index (χ1v) is 11.2. The molecule has 27 heavy (non-hydrogen) atoms. The van der Waals surface area contributed by atoms with E-state index in [0.717, 1.165) is 46.3 Å². The number of fused-ring (bicyclic) bond motifs is 1. The molecule has 1 saturated carbocycles. The van der Waals surface area contributed by atoms with Gasteiger partial charge in [-0.05, 0) is 39.2 Å². The van der Waals surface area contributed by atoms with Crippen molar-refractivity contribution in [3.05, 3.63) is 20.8 Å². The molecule has 1 aliphatic carbocycles. The number of methoxy groups -OCH3 is 1. The van der Waals surface area contributed by atoms with Crippen LogP contribution in [0.25, 0.3) is 10.2 Å². The predicted octanol–water partition coefficient (Wildman–Crippen LogP) is 3.43. The highest BCUT2D eigenvalue weighted by Gasteiger charge is 2.25. The minimum atomic E-state index is -0.0737. The quantitative estimate of drug-likeness (QED) is 0.560. The zero-order valence-corrected chi connectivity index (χ0v) is 18.0. The van der Waals surface area contributed by atoms with Crippen LogP contribution in [0.3, 0.4) is 0 Å². The van der Waals surface area contributed by atoms with Crippen LogP contribution >= 0.6 is 23.1 Å². The molecular formula is C19H27N3O3S2. The number of carbonyl (C=O) groups is 1. The molecule has 1 atom stereocenters. The van der Waals surface area contributed by atoms with Gasteiger partial charge < -0.3 is 10.1 Å². The van der Waals surface area contributed by atoms with E-state index in [4.69, 9.17) is 9.72 Å². The van der Waals surface area contributed by atoms with Crippen LogP contribution in [0.4, 0.5) is 0 Å². The maximum Gasteiger partial charge on any atom is 0.263 e. The number of carbonyl (C=O) groups excluding carboxylic acids is 1. The van der Waals surface area contributed by atoms with Gasteiger partial charge in [-0.1, -0.05) is 24.6 Å². The molecule has 2 heterocycles. The van der Waals surface area contributed by atoms with E-state index in [-0.39, 0.29) is 29.3 Å². The lowest BCUT2D eigenvalue weighted by Gasteiger charge is -2.18. The topological polar surface area (TPSA) is 73.2 Å². The van der Waals surface area contributed by atoms with E-state index in [1.165, 1.54) is 11.8 Å². The second-order valence-corrected chi connectivity index (χ2v) is 9.33. The zero-order chi connectivity index (χ0) is 19.6. The Morgan fingerprint density at radius 3 is 2.78 bits per heavy atom. The van der Waals surface area contributed by atoms with Gasteiger partial charge >= 0.3 is 0 Å². The van der Waals surface area contributed by atoms with Crippen LogP contribution in [-0.4, -0.2) is 41.0 Å². The molecule has 1 aliphatic rings. The summed E-state index contributed by atoms with van der Waals surface area (Å²) in [6.07, 6.45) is 4.27. The van der Waals surface area contributed by atoms with E-state index in [1.807, 2.05) is 25.3 Å². The largest absolute Gasteiger partial charge is 0.383 e. The van der Waals surface area contributed by atoms with Crippen LogP contribution < -0.4 is 10.9 Å². The summed E-state index contributed by atoms with van der Waals surface area (Å²) in [6, 6.07) is 0.144. The predicted molar refractivity (Wildman–Crippen MR) is 111 cm³/mol. The molecule has 1 amide bonds. The number of aryl methyl sites for hydroxylation is 2. The van der Waals surface area contributed by atoms with E-state index in [1.54, 1.807) is 18.4 Å². The van der Waals surface area contributed by atoms with Crippen molar-refractivity contribution in [3.63, 3.8) is 0 Å². The fourth-order valence-corrected chi connectivity index (χ4v) is 5.56. The number of hydrogen-bond acceptors (Lipinski definition) is 6. The van der Waals surface area contributed by atoms with Crippen molar-refractivity contribution in [3.8, 4) is 0 Å². The van der Waals surface area contributed by atoms with E-state index in [2.05, 4.69) is 5.32 Å². The van der Waals surface area contributed by atoms with E-state index in [9.17, 15) is 9.59 Å². The normalized spacial score (nSPS) is 16.1. The van der Waals surface area contributed by atoms with E-state index < -0.39 is 0 Å². The highest BCUT2D eigenvalue weighted by Crippen LogP contribution is 2.34. The minimum Gasteiger partial charge on any atom is -0.383 e. The monoisotopic (exact) mass is 409 g/mol. The zero-order valence-electron chi connectivity index (χ0n) is 16.3. The standard InChI is InChI=1S/C19H27N3O3S2/c1-11(9-25-4)20-15(23)10-26-19-21-17-16(12(2)13(3)27-17)18(24)22(19)14-7-5-6-8-14/h11,14H,5-10H2,1-4H3,(H,20,23). The van der Waals surface area contributed by atoms with Gasteiger partial charge in [0.1, 0.15) is 4.83 Å². The Kier molecular flexibility index (Phi) is 6.60. The molecular weight excluding hydrogens is 382 g/mol. The average Bonchev–Trinajstić information content (AvgIpc) is 3.22. The van der Waals surface area contributed by atoms with Crippen LogP contribution in [0.5, 0.6) is 0 Å². The van der Waals surface area contributed by atoms with E-state index in [0.29, 0.717) is 11.8 Å². The van der Waals surface area contributed by atoms with Gasteiger partial charge in [-0.25, -0.2) is 4.98 Å². The number of aromatic nitrogens is 2. The van der Waals surface area contributed by atoms with Gasteiger partial charge in [0.05, 0.1) is 17.7 Å². The molecule has 3 rings (SSSR count). The maximum absolute atomic E-state index is 13.3. The number of ether oxygens (including phenoxy) is 1. The van der Waals surface area contributed by atoms with Crippen molar-refractivity contribution in [1.29, 1.82) is 0 Å². The first-order chi connectivity index (χ1) is 12.9. The molecule has 6 nitrogen and oxygen atoms in total. The molecule has 2 aromatic heterocycles. The molecule has 1 fully saturated rings. The summed E-state index contributed by atoms with van der Waals surface area (Å²) in [5, 5.41) is 4.31. The second kappa shape index (κ2) is 8.75. The van der Waals surface area contributed by atoms with Gasteiger partial charge in [-0.2, -0.15) is 0 Å². The molecule has 0 radical (unpaired) electrons. The number of amides is 1. The molecule has 1 unspecified atom stereocenters. The molecule has 0 saturated heterocycles. The number of hydrogen-bond donors (Lipinski definition) is 1. The lowest BCUT2D eigenvalue weighted by molar-refractivity contribution is -0.119. The van der Waals surface area contributed by atoms with E-state index >= 15 is 0 Å². The summed E-state index contributed by atoms with van der Waals surface area (Å²) >= 11 is 2.91. The third-order valence-electron chi connectivity index (χ3n) is 5.05. The van der Waals surface area contributed by atoms with Crippen LogP contribution in [0, 0.1) is 13.8 Å². The van der Waals surface area contributed by atoms with Crippen molar-refractivity contribution >= 4 is 39.2 Å². The fraction of sp³-hybridized carbons (Fsp3) is 0.632. The Bertz CT molecular complexity index is 884. The van der Waals surface area contributed by atoms with Crippen molar-refractivity contribution in [2.24, 2.45) is 0 Å². The Morgan fingerprint density at radius 2 is 2.11 bits per heavy atom. The molecule has 8 heteroatoms. The fourth-order valence-electron chi connectivity index (χ4n) is 3.61. The number of nitrogens with one attached hydrogen (secondary N) is 1. The van der Waals surface area contributed by atoms with Gasteiger partial charge in [-0.3, -0.25) is 14.2 Å². The lowest BCUT2D eigenvalue weighted by Crippen LogP contribution is -2.37. The number of rotatable bonds is 7. The second-order valence-electron chi connectivity index (χ2n) is 7.18. The Balaban J connectivity index is 1.90. The first-order valence-electron chi connectivity index (χ1n) is 9.35. The summed E-state index contributed by atoms with van der Waals surface area (Å²) in [7, 11) is 1.61. The highest BCUT2D eigenvalue weighted by molar-refractivity contribution is 7.99. The molecule has 1 N–H and O–H groups in total. The van der Waals surface area contributed by atoms with Crippen LogP contribution in [-0.2, 0) is 9.53 Å². The van der Waals surface area contributed by atoms with Crippen LogP contribution in [0.1, 0.15) is 49.1 Å². The minimum absolute atomic E-state index is 0.0434. The third-order valence-corrected chi connectivity index (χ3v) is 7.10. The molecule has 148 valence electrons. The smallest absolute Gasteiger partial charge is 0.263 e. The molecule has 0 aliphatic heterocycles. The van der Waals surface area contributed by atoms with Gasteiger partial charge in [0.2, 0.25) is 5.91 Å². The van der Waals surface area contributed by atoms with Crippen LogP contribution in [0.15, 0.2) is 9.95 Å². The Labute approximate surface area is 167 Å². The summed E-state index contributed by atoms with van der Waals surface area (Å²) < 4.78 is 6.91. The summed E-state index contributed by atoms with van der Waals surface area (Å²) in [5.74, 6) is 0.164. The Hall–Kier alpha value is -1.38. The van der Waals surface area contributed by atoms with Crippen molar-refractivity contribution < 1.29 is 9.53 Å². The molecule has 0 aromatic carbocycles. The average molecular weight is 410 g/mol. The van der Waals surface area contributed by atoms with Gasteiger partial charge in [0.25, 0.3) is 5.56 Å². The number of thiophene rings is 1. The number of thioether (sulfide) groups is 1. The maximum atomic E-state index is 13.3.